The zero-order chi connectivity index (χ0) is 12.7. The van der Waals surface area contributed by atoms with Crippen molar-refractivity contribution in [1.29, 1.82) is 0 Å². The minimum atomic E-state index is 0.468. The van der Waals surface area contributed by atoms with Crippen LogP contribution in [-0.2, 0) is 4.74 Å². The molecule has 0 spiro atoms. The van der Waals surface area contributed by atoms with Gasteiger partial charge in [-0.1, -0.05) is 13.8 Å². The topological polar surface area (TPSA) is 24.5 Å². The molecule has 1 saturated heterocycles. The van der Waals surface area contributed by atoms with Crippen LogP contribution in [0.5, 0.6) is 0 Å². The lowest BCUT2D eigenvalue weighted by atomic mass is 9.89. The van der Waals surface area contributed by atoms with Crippen molar-refractivity contribution in [3.05, 3.63) is 0 Å². The van der Waals surface area contributed by atoms with Crippen LogP contribution in [0.2, 0.25) is 0 Å². The van der Waals surface area contributed by atoms with Crippen LogP contribution >= 0.6 is 0 Å². The monoisotopic (exact) mass is 242 g/mol. The van der Waals surface area contributed by atoms with Crippen molar-refractivity contribution in [3.8, 4) is 0 Å². The zero-order valence-corrected chi connectivity index (χ0v) is 12.0. The first-order valence-electron chi connectivity index (χ1n) is 7.06. The SMILES string of the molecule is CNC(COC)CN1CCCC(C(C)C)CC1. The molecule has 3 heteroatoms. The summed E-state index contributed by atoms with van der Waals surface area (Å²) in [6, 6.07) is 0.468. The molecule has 102 valence electrons. The number of ether oxygens (including phenoxy) is 1. The quantitative estimate of drug-likeness (QED) is 0.771. The Hall–Kier alpha value is -0.120. The minimum absolute atomic E-state index is 0.468. The number of hydrogen-bond donors (Lipinski definition) is 1. The Kier molecular flexibility index (Phi) is 7.09. The number of hydrogen-bond acceptors (Lipinski definition) is 3. The Morgan fingerprint density at radius 1 is 1.29 bits per heavy atom. The Morgan fingerprint density at radius 2 is 2.06 bits per heavy atom. The lowest BCUT2D eigenvalue weighted by Gasteiger charge is -2.26. The van der Waals surface area contributed by atoms with Gasteiger partial charge in [-0.3, -0.25) is 0 Å². The van der Waals surface area contributed by atoms with Gasteiger partial charge in [0.25, 0.3) is 0 Å². The average Bonchev–Trinajstić information content (AvgIpc) is 2.54. The fourth-order valence-corrected chi connectivity index (χ4v) is 2.77. The summed E-state index contributed by atoms with van der Waals surface area (Å²) in [7, 11) is 3.81. The smallest absolute Gasteiger partial charge is 0.0628 e. The standard InChI is InChI=1S/C14H30N2O/c1-12(2)13-6-5-8-16(9-7-13)10-14(15-3)11-17-4/h12-15H,5-11H2,1-4H3. The van der Waals surface area contributed by atoms with Crippen LogP contribution in [-0.4, -0.2) is 51.3 Å². The van der Waals surface area contributed by atoms with Crippen molar-refractivity contribution >= 4 is 0 Å². The van der Waals surface area contributed by atoms with E-state index < -0.39 is 0 Å². The molecule has 0 saturated carbocycles. The Balaban J connectivity index is 2.35. The molecule has 1 aliphatic heterocycles. The summed E-state index contributed by atoms with van der Waals surface area (Å²) in [5.41, 5.74) is 0. The van der Waals surface area contributed by atoms with Crippen LogP contribution in [0, 0.1) is 11.8 Å². The molecule has 1 rings (SSSR count). The first-order chi connectivity index (χ1) is 8.17. The van der Waals surface area contributed by atoms with Crippen molar-refractivity contribution in [2.45, 2.75) is 39.2 Å². The molecule has 0 aliphatic carbocycles. The molecule has 1 heterocycles. The van der Waals surface area contributed by atoms with Gasteiger partial charge >= 0.3 is 0 Å². The van der Waals surface area contributed by atoms with E-state index >= 15 is 0 Å². The highest BCUT2D eigenvalue weighted by atomic mass is 16.5. The third-order valence-corrected chi connectivity index (χ3v) is 4.06. The van der Waals surface area contributed by atoms with E-state index in [-0.39, 0.29) is 0 Å². The van der Waals surface area contributed by atoms with E-state index in [2.05, 4.69) is 24.1 Å². The van der Waals surface area contributed by atoms with E-state index in [9.17, 15) is 0 Å². The fourth-order valence-electron chi connectivity index (χ4n) is 2.77. The van der Waals surface area contributed by atoms with Gasteiger partial charge in [-0.2, -0.15) is 0 Å². The number of rotatable bonds is 6. The Labute approximate surface area is 107 Å². The number of likely N-dealkylation sites (N-methyl/N-ethyl adjacent to an activating group) is 1. The molecular weight excluding hydrogens is 212 g/mol. The molecular formula is C14H30N2O. The molecule has 1 aliphatic rings. The first kappa shape index (κ1) is 14.9. The van der Waals surface area contributed by atoms with E-state index in [1.54, 1.807) is 7.11 Å². The summed E-state index contributed by atoms with van der Waals surface area (Å²) < 4.78 is 5.24. The Morgan fingerprint density at radius 3 is 2.65 bits per heavy atom. The van der Waals surface area contributed by atoms with Gasteiger partial charge in [-0.05, 0) is 51.2 Å². The summed E-state index contributed by atoms with van der Waals surface area (Å²) in [4.78, 5) is 2.60. The third kappa shape index (κ3) is 5.36. The van der Waals surface area contributed by atoms with Gasteiger partial charge in [0.1, 0.15) is 0 Å². The lowest BCUT2D eigenvalue weighted by molar-refractivity contribution is 0.141. The minimum Gasteiger partial charge on any atom is -0.383 e. The van der Waals surface area contributed by atoms with Crippen molar-refractivity contribution < 1.29 is 4.74 Å². The van der Waals surface area contributed by atoms with Gasteiger partial charge in [-0.15, -0.1) is 0 Å². The van der Waals surface area contributed by atoms with Gasteiger partial charge < -0.3 is 15.0 Å². The van der Waals surface area contributed by atoms with Crippen LogP contribution in [0.4, 0.5) is 0 Å². The molecule has 0 aromatic carbocycles. The first-order valence-corrected chi connectivity index (χ1v) is 7.06. The predicted octanol–water partition coefficient (Wildman–Crippen LogP) is 1.98. The molecule has 2 atom stereocenters. The second kappa shape index (κ2) is 8.06. The molecule has 0 bridgehead atoms. The van der Waals surface area contributed by atoms with E-state index in [1.165, 1.54) is 32.4 Å². The van der Waals surface area contributed by atoms with Crippen LogP contribution in [0.1, 0.15) is 33.1 Å². The lowest BCUT2D eigenvalue weighted by Crippen LogP contribution is -2.42. The molecule has 17 heavy (non-hydrogen) atoms. The normalized spacial score (nSPS) is 24.9. The highest BCUT2D eigenvalue weighted by molar-refractivity contribution is 4.76. The van der Waals surface area contributed by atoms with E-state index in [0.717, 1.165) is 25.0 Å². The van der Waals surface area contributed by atoms with Crippen molar-refractivity contribution in [1.82, 2.24) is 10.2 Å². The summed E-state index contributed by atoms with van der Waals surface area (Å²) in [6.07, 6.45) is 4.12. The van der Waals surface area contributed by atoms with Crippen LogP contribution in [0.3, 0.4) is 0 Å². The Bertz CT molecular complexity index is 197. The van der Waals surface area contributed by atoms with Gasteiger partial charge in [-0.25, -0.2) is 0 Å². The fraction of sp³-hybridized carbons (Fsp3) is 1.00. The number of methoxy groups -OCH3 is 1. The van der Waals surface area contributed by atoms with Gasteiger partial charge in [0.15, 0.2) is 0 Å². The maximum Gasteiger partial charge on any atom is 0.0628 e. The number of nitrogens with zero attached hydrogens (tertiary/aromatic N) is 1. The third-order valence-electron chi connectivity index (χ3n) is 4.06. The average molecular weight is 242 g/mol. The predicted molar refractivity (Wildman–Crippen MR) is 73.3 cm³/mol. The molecule has 0 aromatic rings. The maximum absolute atomic E-state index is 5.24. The van der Waals surface area contributed by atoms with Crippen LogP contribution < -0.4 is 5.32 Å². The van der Waals surface area contributed by atoms with Crippen LogP contribution in [0.15, 0.2) is 0 Å². The van der Waals surface area contributed by atoms with Gasteiger partial charge in [0.2, 0.25) is 0 Å². The molecule has 0 amide bonds. The van der Waals surface area contributed by atoms with Crippen molar-refractivity contribution in [3.63, 3.8) is 0 Å². The second-order valence-corrected chi connectivity index (χ2v) is 5.68. The number of likely N-dealkylation sites (tertiary alicyclic amines) is 1. The molecule has 1 fully saturated rings. The molecule has 0 aromatic heterocycles. The summed E-state index contributed by atoms with van der Waals surface area (Å²) in [5.74, 6) is 1.77. The summed E-state index contributed by atoms with van der Waals surface area (Å²) in [6.45, 7) is 9.16. The van der Waals surface area contributed by atoms with E-state index in [0.29, 0.717) is 6.04 Å². The summed E-state index contributed by atoms with van der Waals surface area (Å²) in [5, 5.41) is 3.34. The molecule has 0 radical (unpaired) electrons. The molecule has 3 nitrogen and oxygen atoms in total. The second-order valence-electron chi connectivity index (χ2n) is 5.68. The molecule has 2 unspecified atom stereocenters. The van der Waals surface area contributed by atoms with Crippen molar-refractivity contribution in [2.24, 2.45) is 11.8 Å². The highest BCUT2D eigenvalue weighted by Crippen LogP contribution is 2.24. The number of nitrogens with one attached hydrogen (secondary N) is 1. The van der Waals surface area contributed by atoms with Crippen molar-refractivity contribution in [2.75, 3.05) is 40.4 Å². The largest absolute Gasteiger partial charge is 0.383 e. The maximum atomic E-state index is 5.24. The zero-order valence-electron chi connectivity index (χ0n) is 12.0. The van der Waals surface area contributed by atoms with Gasteiger partial charge in [0, 0.05) is 19.7 Å². The van der Waals surface area contributed by atoms with Gasteiger partial charge in [0.05, 0.1) is 6.61 Å². The highest BCUT2D eigenvalue weighted by Gasteiger charge is 2.20. The van der Waals surface area contributed by atoms with E-state index in [4.69, 9.17) is 4.74 Å². The summed E-state index contributed by atoms with van der Waals surface area (Å²) >= 11 is 0. The van der Waals surface area contributed by atoms with Crippen LogP contribution in [0.25, 0.3) is 0 Å². The molecule has 1 N–H and O–H groups in total. The van der Waals surface area contributed by atoms with E-state index in [1.807, 2.05) is 7.05 Å².